The fourth-order valence-corrected chi connectivity index (χ4v) is 6.99. The number of rotatable bonds is 5. The fraction of sp³-hybridized carbons (Fsp3) is 0.389. The molecule has 4 rings (SSSR count). The van der Waals surface area contributed by atoms with Crippen molar-refractivity contribution in [3.8, 4) is 10.6 Å². The number of thiophene rings is 1. The molecule has 0 spiro atoms. The van der Waals surface area contributed by atoms with Crippen LogP contribution in [0.25, 0.3) is 10.6 Å². The molecule has 0 aliphatic carbocycles. The number of hydrogen-bond donors (Lipinski definition) is 1. The summed E-state index contributed by atoms with van der Waals surface area (Å²) in [6.45, 7) is 3.72. The summed E-state index contributed by atoms with van der Waals surface area (Å²) in [5, 5.41) is 8.98. The van der Waals surface area contributed by atoms with Gasteiger partial charge in [-0.05, 0) is 38.8 Å². The Morgan fingerprint density at radius 1 is 1.30 bits per heavy atom. The first-order chi connectivity index (χ1) is 14.3. The van der Waals surface area contributed by atoms with Gasteiger partial charge >= 0.3 is 0 Å². The van der Waals surface area contributed by atoms with Crippen molar-refractivity contribution in [2.75, 3.05) is 18.4 Å². The van der Waals surface area contributed by atoms with Crippen molar-refractivity contribution in [3.05, 3.63) is 33.3 Å². The Labute approximate surface area is 186 Å². The van der Waals surface area contributed by atoms with Crippen molar-refractivity contribution >= 4 is 55.3 Å². The Balaban J connectivity index is 1.37. The molecule has 30 heavy (non-hydrogen) atoms. The Morgan fingerprint density at radius 2 is 2.03 bits per heavy atom. The minimum Gasteiger partial charge on any atom is -0.360 e. The monoisotopic (exact) mass is 486 g/mol. The van der Waals surface area contributed by atoms with Crippen LogP contribution in [0.5, 0.6) is 0 Å². The molecule has 12 heteroatoms. The number of amides is 1. The lowest BCUT2D eigenvalue weighted by atomic mass is 9.97. The number of aryl methyl sites for hydroxylation is 2. The number of nitrogens with one attached hydrogen (secondary N) is 1. The van der Waals surface area contributed by atoms with E-state index < -0.39 is 10.0 Å². The molecule has 1 amide bonds. The molecular formula is C18H19ClN4O4S3. The van der Waals surface area contributed by atoms with Crippen LogP contribution in [0.1, 0.15) is 24.3 Å². The summed E-state index contributed by atoms with van der Waals surface area (Å²) >= 11 is 8.74. The zero-order valence-corrected chi connectivity index (χ0v) is 19.4. The normalized spacial score (nSPS) is 16.1. The van der Waals surface area contributed by atoms with Crippen LogP contribution in [-0.2, 0) is 14.8 Å². The molecule has 8 nitrogen and oxygen atoms in total. The van der Waals surface area contributed by atoms with Crippen LogP contribution < -0.4 is 5.32 Å². The fourth-order valence-electron chi connectivity index (χ4n) is 3.43. The molecule has 0 bridgehead atoms. The molecule has 0 aromatic carbocycles. The van der Waals surface area contributed by atoms with E-state index >= 15 is 0 Å². The molecule has 1 N–H and O–H groups in total. The first-order valence-corrected chi connectivity index (χ1v) is 12.7. The van der Waals surface area contributed by atoms with E-state index in [1.807, 2.05) is 17.5 Å². The summed E-state index contributed by atoms with van der Waals surface area (Å²) in [4.78, 5) is 18.2. The van der Waals surface area contributed by atoms with Gasteiger partial charge in [0, 0.05) is 24.4 Å². The molecule has 3 aromatic rings. The number of nitrogens with zero attached hydrogens (tertiary/aromatic N) is 3. The van der Waals surface area contributed by atoms with Crippen LogP contribution in [0.4, 0.5) is 5.13 Å². The van der Waals surface area contributed by atoms with Gasteiger partial charge in [0.1, 0.15) is 10.6 Å². The van der Waals surface area contributed by atoms with E-state index in [0.717, 1.165) is 10.6 Å². The van der Waals surface area contributed by atoms with Crippen molar-refractivity contribution in [1.29, 1.82) is 0 Å². The van der Waals surface area contributed by atoms with Gasteiger partial charge in [-0.2, -0.15) is 4.31 Å². The Hall–Kier alpha value is -1.79. The second-order valence-corrected chi connectivity index (χ2v) is 11.4. The smallest absolute Gasteiger partial charge is 0.248 e. The van der Waals surface area contributed by atoms with Gasteiger partial charge in [-0.1, -0.05) is 16.8 Å². The van der Waals surface area contributed by atoms with Gasteiger partial charge in [0.25, 0.3) is 0 Å². The van der Waals surface area contributed by atoms with Gasteiger partial charge in [-0.25, -0.2) is 13.4 Å². The van der Waals surface area contributed by atoms with Crippen molar-refractivity contribution in [2.24, 2.45) is 5.92 Å². The number of carbonyl (C=O) groups is 1. The molecule has 160 valence electrons. The molecule has 0 saturated carbocycles. The van der Waals surface area contributed by atoms with Gasteiger partial charge in [0.15, 0.2) is 10.9 Å². The summed E-state index contributed by atoms with van der Waals surface area (Å²) in [7, 11) is -3.69. The lowest BCUT2D eigenvalue weighted by molar-refractivity contribution is -0.120. The molecule has 3 aromatic heterocycles. The Kier molecular flexibility index (Phi) is 5.99. The van der Waals surface area contributed by atoms with E-state index in [1.54, 1.807) is 13.8 Å². The minimum absolute atomic E-state index is 0.120. The van der Waals surface area contributed by atoms with Crippen LogP contribution in [0.15, 0.2) is 26.9 Å². The van der Waals surface area contributed by atoms with Crippen molar-refractivity contribution in [1.82, 2.24) is 14.4 Å². The third-order valence-corrected chi connectivity index (χ3v) is 9.11. The van der Waals surface area contributed by atoms with Gasteiger partial charge in [0.2, 0.25) is 15.9 Å². The van der Waals surface area contributed by atoms with Crippen LogP contribution in [0, 0.1) is 19.8 Å². The van der Waals surface area contributed by atoms with E-state index in [9.17, 15) is 13.2 Å². The van der Waals surface area contributed by atoms with E-state index in [4.69, 9.17) is 16.1 Å². The van der Waals surface area contributed by atoms with Gasteiger partial charge in [0.05, 0.1) is 14.9 Å². The molecule has 1 aliphatic rings. The minimum atomic E-state index is -3.69. The van der Waals surface area contributed by atoms with E-state index in [-0.39, 0.29) is 35.6 Å². The van der Waals surface area contributed by atoms with Crippen molar-refractivity contribution in [3.63, 3.8) is 0 Å². The molecular weight excluding hydrogens is 468 g/mol. The zero-order valence-electron chi connectivity index (χ0n) is 16.2. The van der Waals surface area contributed by atoms with Gasteiger partial charge < -0.3 is 9.84 Å². The molecule has 1 fully saturated rings. The first-order valence-electron chi connectivity index (χ1n) is 9.21. The standard InChI is InChI=1S/C18H19ClN4O4S3/c1-10-16(11(2)27-22-10)30(25,26)23-7-5-12(6-8-23)17(24)21-18-20-13(9-28-18)14-3-4-15(19)29-14/h3-4,9,12H,5-8H2,1-2H3,(H,20,21,24). The van der Waals surface area contributed by atoms with Crippen molar-refractivity contribution in [2.45, 2.75) is 31.6 Å². The number of halogens is 1. The average molecular weight is 487 g/mol. The second kappa shape index (κ2) is 8.39. The van der Waals surface area contributed by atoms with E-state index in [2.05, 4.69) is 15.5 Å². The SMILES string of the molecule is Cc1noc(C)c1S(=O)(=O)N1CCC(C(=O)Nc2nc(-c3ccc(Cl)s3)cs2)CC1. The Bertz CT molecular complexity index is 1160. The maximum Gasteiger partial charge on any atom is 0.248 e. The largest absolute Gasteiger partial charge is 0.360 e. The van der Waals surface area contributed by atoms with E-state index in [0.29, 0.717) is 28.0 Å². The summed E-state index contributed by atoms with van der Waals surface area (Å²) in [6.07, 6.45) is 0.875. The number of anilines is 1. The average Bonchev–Trinajstić information content (AvgIpc) is 3.42. The lowest BCUT2D eigenvalue weighted by Crippen LogP contribution is -2.41. The summed E-state index contributed by atoms with van der Waals surface area (Å²) < 4.78 is 32.9. The predicted molar refractivity (Wildman–Crippen MR) is 117 cm³/mol. The molecule has 1 aliphatic heterocycles. The maximum absolute atomic E-state index is 12.9. The highest BCUT2D eigenvalue weighted by Crippen LogP contribution is 2.33. The number of sulfonamides is 1. The van der Waals surface area contributed by atoms with Crippen LogP contribution in [0.2, 0.25) is 4.34 Å². The molecule has 4 heterocycles. The predicted octanol–water partition coefficient (Wildman–Crippen LogP) is 4.17. The van der Waals surface area contributed by atoms with Crippen molar-refractivity contribution < 1.29 is 17.7 Å². The van der Waals surface area contributed by atoms with Crippen LogP contribution >= 0.6 is 34.3 Å². The molecule has 0 radical (unpaired) electrons. The Morgan fingerprint density at radius 3 is 2.63 bits per heavy atom. The number of hydrogen-bond acceptors (Lipinski definition) is 8. The lowest BCUT2D eigenvalue weighted by Gasteiger charge is -2.30. The zero-order chi connectivity index (χ0) is 21.5. The third-order valence-electron chi connectivity index (χ3n) is 4.95. The molecule has 0 unspecified atom stereocenters. The van der Waals surface area contributed by atoms with E-state index in [1.165, 1.54) is 27.0 Å². The van der Waals surface area contributed by atoms with Crippen LogP contribution in [0.3, 0.4) is 0 Å². The highest BCUT2D eigenvalue weighted by molar-refractivity contribution is 7.89. The quantitative estimate of drug-likeness (QED) is 0.580. The number of aromatic nitrogens is 2. The summed E-state index contributed by atoms with van der Waals surface area (Å²) in [5.74, 6) is -0.141. The molecule has 1 saturated heterocycles. The summed E-state index contributed by atoms with van der Waals surface area (Å²) in [6, 6.07) is 3.70. The third kappa shape index (κ3) is 4.17. The highest BCUT2D eigenvalue weighted by Gasteiger charge is 2.35. The second-order valence-electron chi connectivity index (χ2n) is 6.96. The number of thiazole rings is 1. The highest BCUT2D eigenvalue weighted by atomic mass is 35.5. The number of carbonyl (C=O) groups excluding carboxylic acids is 1. The molecule has 0 atom stereocenters. The van der Waals surface area contributed by atoms with Gasteiger partial charge in [-0.15, -0.1) is 22.7 Å². The number of piperidine rings is 1. The summed E-state index contributed by atoms with van der Waals surface area (Å²) in [5.41, 5.74) is 1.12. The maximum atomic E-state index is 12.9. The first kappa shape index (κ1) is 21.4. The van der Waals surface area contributed by atoms with Crippen LogP contribution in [-0.4, -0.2) is 41.9 Å². The van der Waals surface area contributed by atoms with Gasteiger partial charge in [-0.3, -0.25) is 4.79 Å². The topological polar surface area (TPSA) is 105 Å².